The van der Waals surface area contributed by atoms with Crippen LogP contribution in [0.3, 0.4) is 0 Å². The lowest BCUT2D eigenvalue weighted by Gasteiger charge is -2.29. The van der Waals surface area contributed by atoms with Crippen molar-refractivity contribution >= 4 is 42.3 Å². The van der Waals surface area contributed by atoms with Gasteiger partial charge in [0.1, 0.15) is 18.1 Å². The number of aliphatic hydroxyl groups excluding tert-OH is 1. The molecule has 7 N–H and O–H groups in total. The first kappa shape index (κ1) is 23.7. The molecule has 0 aromatic rings. The Balaban J connectivity index is 2.93. The van der Waals surface area contributed by atoms with Gasteiger partial charge in [0.05, 0.1) is 19.1 Å². The molecule has 1 saturated heterocycles. The third-order valence-corrected chi connectivity index (χ3v) is 4.56. The molecular formula is C15H24N4O8S. The smallest absolute Gasteiger partial charge is 0.328 e. The van der Waals surface area contributed by atoms with Gasteiger partial charge in [0.2, 0.25) is 17.7 Å². The number of carbonyl (C=O) groups excluding carboxylic acids is 3. The van der Waals surface area contributed by atoms with Crippen LogP contribution in [0.2, 0.25) is 0 Å². The number of thiol groups is 1. The van der Waals surface area contributed by atoms with Crippen LogP contribution in [0.4, 0.5) is 0 Å². The number of carbonyl (C=O) groups is 5. The van der Waals surface area contributed by atoms with E-state index < -0.39 is 66.9 Å². The van der Waals surface area contributed by atoms with E-state index in [-0.39, 0.29) is 18.7 Å². The zero-order chi connectivity index (χ0) is 21.4. The predicted octanol–water partition coefficient (Wildman–Crippen LogP) is -3.24. The molecule has 4 atom stereocenters. The highest BCUT2D eigenvalue weighted by molar-refractivity contribution is 7.80. The van der Waals surface area contributed by atoms with Gasteiger partial charge in [0.15, 0.2) is 0 Å². The second-order valence-electron chi connectivity index (χ2n) is 6.22. The number of amides is 3. The number of aliphatic carboxylic acids is 2. The van der Waals surface area contributed by atoms with Crippen LogP contribution in [0.1, 0.15) is 19.3 Å². The van der Waals surface area contributed by atoms with E-state index in [4.69, 9.17) is 21.1 Å². The Hall–Kier alpha value is -2.38. The van der Waals surface area contributed by atoms with Gasteiger partial charge < -0.3 is 36.6 Å². The number of hydrogen-bond acceptors (Lipinski definition) is 8. The minimum atomic E-state index is -1.53. The Morgan fingerprint density at radius 1 is 1.14 bits per heavy atom. The number of likely N-dealkylation sites (tertiary alicyclic amines) is 1. The summed E-state index contributed by atoms with van der Waals surface area (Å²) in [6.07, 6.45) is -0.0765. The van der Waals surface area contributed by atoms with Crippen molar-refractivity contribution in [3.63, 3.8) is 0 Å². The number of aliphatic hydroxyl groups is 1. The molecule has 0 spiro atoms. The van der Waals surface area contributed by atoms with Gasteiger partial charge in [-0.2, -0.15) is 12.6 Å². The van der Waals surface area contributed by atoms with Crippen molar-refractivity contribution in [1.29, 1.82) is 0 Å². The molecule has 1 fully saturated rings. The van der Waals surface area contributed by atoms with Crippen molar-refractivity contribution in [3.05, 3.63) is 0 Å². The van der Waals surface area contributed by atoms with E-state index in [1.807, 2.05) is 0 Å². The monoisotopic (exact) mass is 420 g/mol. The zero-order valence-electron chi connectivity index (χ0n) is 14.9. The lowest BCUT2D eigenvalue weighted by atomic mass is 10.1. The molecule has 0 aliphatic carbocycles. The summed E-state index contributed by atoms with van der Waals surface area (Å²) in [5.74, 6) is -5.16. The zero-order valence-corrected chi connectivity index (χ0v) is 15.8. The van der Waals surface area contributed by atoms with Crippen molar-refractivity contribution in [1.82, 2.24) is 15.5 Å². The van der Waals surface area contributed by atoms with Crippen LogP contribution >= 0.6 is 12.6 Å². The van der Waals surface area contributed by atoms with E-state index >= 15 is 0 Å². The Kier molecular flexibility index (Phi) is 9.15. The third kappa shape index (κ3) is 6.35. The molecule has 158 valence electrons. The van der Waals surface area contributed by atoms with Gasteiger partial charge >= 0.3 is 11.9 Å². The van der Waals surface area contributed by atoms with E-state index in [9.17, 15) is 24.0 Å². The summed E-state index contributed by atoms with van der Waals surface area (Å²) in [4.78, 5) is 60.2. The molecule has 1 aliphatic heterocycles. The first-order valence-electron chi connectivity index (χ1n) is 8.45. The molecule has 28 heavy (non-hydrogen) atoms. The molecule has 0 aromatic heterocycles. The normalized spacial score (nSPS) is 19.4. The maximum atomic E-state index is 12.8. The number of nitrogens with one attached hydrogen (secondary N) is 2. The summed E-state index contributed by atoms with van der Waals surface area (Å²) in [5.41, 5.74) is 5.52. The lowest BCUT2D eigenvalue weighted by molar-refractivity contribution is -0.147. The van der Waals surface area contributed by atoms with E-state index in [0.717, 1.165) is 4.90 Å². The highest BCUT2D eigenvalue weighted by atomic mass is 32.1. The van der Waals surface area contributed by atoms with Gasteiger partial charge in [0, 0.05) is 12.3 Å². The third-order valence-electron chi connectivity index (χ3n) is 4.16. The molecule has 0 bridgehead atoms. The number of carboxylic acid groups (broad SMARTS) is 2. The summed E-state index contributed by atoms with van der Waals surface area (Å²) in [6.45, 7) is -0.709. The number of hydrogen-bond donors (Lipinski definition) is 7. The molecule has 0 radical (unpaired) electrons. The SMILES string of the molecule is NC(CS)C(=O)NC(CC(=O)O)C(=O)N1CCCC1C(=O)NC(CO)C(=O)O. The van der Waals surface area contributed by atoms with Gasteiger partial charge in [-0.3, -0.25) is 19.2 Å². The second-order valence-corrected chi connectivity index (χ2v) is 6.58. The lowest BCUT2D eigenvalue weighted by Crippen LogP contribution is -2.57. The van der Waals surface area contributed by atoms with Gasteiger partial charge in [0.25, 0.3) is 0 Å². The minimum absolute atomic E-state index is 0.0215. The van der Waals surface area contributed by atoms with Crippen LogP contribution in [-0.2, 0) is 24.0 Å². The van der Waals surface area contributed by atoms with Crippen molar-refractivity contribution in [2.24, 2.45) is 5.73 Å². The molecule has 0 saturated carbocycles. The molecule has 0 aromatic carbocycles. The fourth-order valence-electron chi connectivity index (χ4n) is 2.69. The summed E-state index contributed by atoms with van der Waals surface area (Å²) >= 11 is 3.87. The van der Waals surface area contributed by atoms with Crippen molar-refractivity contribution in [3.8, 4) is 0 Å². The Morgan fingerprint density at radius 2 is 1.79 bits per heavy atom. The summed E-state index contributed by atoms with van der Waals surface area (Å²) in [5, 5.41) is 31.3. The summed E-state index contributed by atoms with van der Waals surface area (Å²) in [7, 11) is 0. The van der Waals surface area contributed by atoms with E-state index in [0.29, 0.717) is 6.42 Å². The highest BCUT2D eigenvalue weighted by Gasteiger charge is 2.39. The molecule has 1 heterocycles. The van der Waals surface area contributed by atoms with Crippen LogP contribution in [0.25, 0.3) is 0 Å². The average molecular weight is 420 g/mol. The maximum Gasteiger partial charge on any atom is 0.328 e. The van der Waals surface area contributed by atoms with Crippen molar-refractivity contribution in [2.45, 2.75) is 43.4 Å². The molecular weight excluding hydrogens is 396 g/mol. The Bertz CT molecular complexity index is 631. The average Bonchev–Trinajstić information content (AvgIpc) is 3.13. The molecule has 1 rings (SSSR count). The van der Waals surface area contributed by atoms with E-state index in [1.54, 1.807) is 0 Å². The molecule has 3 amide bonds. The molecule has 4 unspecified atom stereocenters. The highest BCUT2D eigenvalue weighted by Crippen LogP contribution is 2.19. The maximum absolute atomic E-state index is 12.8. The van der Waals surface area contributed by atoms with Crippen molar-refractivity contribution in [2.75, 3.05) is 18.9 Å². The number of rotatable bonds is 10. The first-order valence-corrected chi connectivity index (χ1v) is 9.08. The Labute approximate surface area is 165 Å². The van der Waals surface area contributed by atoms with Crippen LogP contribution < -0.4 is 16.4 Å². The van der Waals surface area contributed by atoms with Crippen LogP contribution in [0.5, 0.6) is 0 Å². The van der Waals surface area contributed by atoms with Gasteiger partial charge in [-0.05, 0) is 12.8 Å². The standard InChI is InChI=1S/C15H24N4O8S/c16-7(6-28)12(23)17-8(4-11(21)22)14(25)19-3-1-2-10(19)13(24)18-9(5-20)15(26)27/h7-10,20,28H,1-6,16H2,(H,17,23)(H,18,24)(H,21,22)(H,26,27). The van der Waals surface area contributed by atoms with Gasteiger partial charge in [-0.25, -0.2) is 4.79 Å². The number of nitrogens with two attached hydrogens (primary N) is 1. The van der Waals surface area contributed by atoms with E-state index in [2.05, 4.69) is 23.3 Å². The molecule has 1 aliphatic rings. The molecule has 12 nitrogen and oxygen atoms in total. The minimum Gasteiger partial charge on any atom is -0.481 e. The van der Waals surface area contributed by atoms with E-state index in [1.165, 1.54) is 0 Å². The first-order chi connectivity index (χ1) is 13.1. The largest absolute Gasteiger partial charge is 0.481 e. The quantitative estimate of drug-likeness (QED) is 0.177. The molecule has 13 heteroatoms. The summed E-state index contributed by atoms with van der Waals surface area (Å²) < 4.78 is 0. The topological polar surface area (TPSA) is 199 Å². The fraction of sp³-hybridized carbons (Fsp3) is 0.667. The van der Waals surface area contributed by atoms with Gasteiger partial charge in [-0.15, -0.1) is 0 Å². The van der Waals surface area contributed by atoms with Crippen LogP contribution in [0.15, 0.2) is 0 Å². The fourth-order valence-corrected chi connectivity index (χ4v) is 2.86. The van der Waals surface area contributed by atoms with Gasteiger partial charge in [-0.1, -0.05) is 0 Å². The van der Waals surface area contributed by atoms with Crippen LogP contribution in [0, 0.1) is 0 Å². The number of nitrogens with zero attached hydrogens (tertiary/aromatic N) is 1. The Morgan fingerprint density at radius 3 is 2.29 bits per heavy atom. The number of carboxylic acids is 2. The second kappa shape index (κ2) is 10.8. The summed E-state index contributed by atoms with van der Waals surface area (Å²) in [6, 6.07) is -5.08. The van der Waals surface area contributed by atoms with Crippen molar-refractivity contribution < 1.29 is 39.3 Å². The predicted molar refractivity (Wildman–Crippen MR) is 97.4 cm³/mol. The van der Waals surface area contributed by atoms with Crippen LogP contribution in [-0.4, -0.2) is 93.0 Å².